The lowest BCUT2D eigenvalue weighted by molar-refractivity contribution is -0.139. The second kappa shape index (κ2) is 14.9. The lowest BCUT2D eigenvalue weighted by Crippen LogP contribution is -2.41. The highest BCUT2D eigenvalue weighted by Gasteiger charge is 2.35. The van der Waals surface area contributed by atoms with Crippen LogP contribution >= 0.6 is 11.8 Å². The van der Waals surface area contributed by atoms with Gasteiger partial charge in [-0.05, 0) is 82.5 Å². The Morgan fingerprint density at radius 3 is 2.15 bits per heavy atom. The van der Waals surface area contributed by atoms with E-state index in [1.807, 2.05) is 128 Å². The summed E-state index contributed by atoms with van der Waals surface area (Å²) in [6.07, 6.45) is 9.48. The first kappa shape index (κ1) is 32.4. The molecule has 46 heavy (non-hydrogen) atoms. The van der Waals surface area contributed by atoms with Crippen LogP contribution in [-0.2, 0) is 10.4 Å². The number of aliphatic carboxylic acids is 1. The molecule has 0 bridgehead atoms. The molecule has 5 aromatic rings. The third-order valence-electron chi connectivity index (χ3n) is 8.02. The van der Waals surface area contributed by atoms with Crippen LogP contribution in [-0.4, -0.2) is 45.1 Å². The van der Waals surface area contributed by atoms with E-state index < -0.39 is 23.5 Å². The molecule has 1 atom stereocenters. The van der Waals surface area contributed by atoms with Crippen LogP contribution < -0.4 is 5.32 Å². The van der Waals surface area contributed by atoms with Gasteiger partial charge in [0.2, 0.25) is 0 Å². The first-order chi connectivity index (χ1) is 22.3. The van der Waals surface area contributed by atoms with E-state index in [2.05, 4.69) is 10.3 Å². The van der Waals surface area contributed by atoms with Crippen LogP contribution in [0.3, 0.4) is 0 Å². The molecular weight excluding hydrogens is 593 g/mol. The molecule has 3 N–H and O–H groups in total. The molecule has 0 saturated heterocycles. The predicted octanol–water partition coefficient (Wildman–Crippen LogP) is 7.45. The molecular formula is C39H36N2O4S. The van der Waals surface area contributed by atoms with E-state index >= 15 is 0 Å². The smallest absolute Gasteiger partial charge is 0.326 e. The van der Waals surface area contributed by atoms with Crippen LogP contribution in [0.5, 0.6) is 0 Å². The summed E-state index contributed by atoms with van der Waals surface area (Å²) in [7, 11) is 0. The number of carbonyl (C=O) groups excluding carboxylic acids is 1. The second-order valence-electron chi connectivity index (χ2n) is 11.0. The molecule has 1 amide bonds. The Hall–Kier alpha value is -4.98. The molecule has 0 fully saturated rings. The van der Waals surface area contributed by atoms with Crippen molar-refractivity contribution in [2.75, 3.05) is 12.0 Å². The van der Waals surface area contributed by atoms with E-state index in [0.29, 0.717) is 28.9 Å². The van der Waals surface area contributed by atoms with E-state index in [1.54, 1.807) is 18.5 Å². The molecule has 7 heteroatoms. The fourth-order valence-corrected chi connectivity index (χ4v) is 6.05. The average molecular weight is 629 g/mol. The minimum atomic E-state index is -1.43. The fourth-order valence-electron chi connectivity index (χ4n) is 5.58. The molecule has 0 aliphatic rings. The number of pyridine rings is 1. The fraction of sp³-hybridized carbons (Fsp3) is 0.154. The summed E-state index contributed by atoms with van der Waals surface area (Å²) in [5, 5.41) is 24.9. The monoisotopic (exact) mass is 628 g/mol. The summed E-state index contributed by atoms with van der Waals surface area (Å²) in [6, 6.07) is 33.3. The lowest BCUT2D eigenvalue weighted by atomic mass is 9.79. The number of carbonyl (C=O) groups is 2. The van der Waals surface area contributed by atoms with Gasteiger partial charge in [0.05, 0.1) is 0 Å². The van der Waals surface area contributed by atoms with Gasteiger partial charge in [0.1, 0.15) is 11.6 Å². The molecule has 0 spiro atoms. The Bertz CT molecular complexity index is 1800. The van der Waals surface area contributed by atoms with E-state index in [-0.39, 0.29) is 0 Å². The van der Waals surface area contributed by atoms with E-state index in [0.717, 1.165) is 33.4 Å². The number of amides is 1. The Kier molecular flexibility index (Phi) is 10.5. The SMILES string of the molecule is CSCCC(NC(=O)c1ccc(/C=C/c2cnccc2C(O)(c2ccccc2)c2ccccc2)cc1-c1ccccc1C)C(=O)O. The van der Waals surface area contributed by atoms with Gasteiger partial charge >= 0.3 is 5.97 Å². The van der Waals surface area contributed by atoms with Crippen molar-refractivity contribution in [1.29, 1.82) is 0 Å². The van der Waals surface area contributed by atoms with Crippen LogP contribution in [0.2, 0.25) is 0 Å². The van der Waals surface area contributed by atoms with Gasteiger partial charge in [-0.1, -0.05) is 103 Å². The number of aromatic nitrogens is 1. The molecule has 1 aromatic heterocycles. The Balaban J connectivity index is 1.56. The van der Waals surface area contributed by atoms with Crippen LogP contribution in [0.4, 0.5) is 0 Å². The van der Waals surface area contributed by atoms with Crippen molar-refractivity contribution in [3.8, 4) is 11.1 Å². The van der Waals surface area contributed by atoms with Crippen molar-refractivity contribution >= 4 is 35.8 Å². The number of aryl methyl sites for hydroxylation is 1. The van der Waals surface area contributed by atoms with Crippen molar-refractivity contribution in [1.82, 2.24) is 10.3 Å². The molecule has 0 radical (unpaired) electrons. The number of hydrogen-bond acceptors (Lipinski definition) is 5. The Morgan fingerprint density at radius 2 is 1.52 bits per heavy atom. The van der Waals surface area contributed by atoms with Gasteiger partial charge in [0.25, 0.3) is 5.91 Å². The number of carboxylic acids is 1. The van der Waals surface area contributed by atoms with Crippen molar-refractivity contribution in [2.45, 2.75) is 25.0 Å². The molecule has 4 aromatic carbocycles. The number of carboxylic acid groups (broad SMARTS) is 1. The highest BCUT2D eigenvalue weighted by molar-refractivity contribution is 7.98. The van der Waals surface area contributed by atoms with Gasteiger partial charge in [-0.25, -0.2) is 4.79 Å². The summed E-state index contributed by atoms with van der Waals surface area (Å²) >= 11 is 1.54. The quantitative estimate of drug-likeness (QED) is 0.133. The van der Waals surface area contributed by atoms with Crippen molar-refractivity contribution in [3.05, 3.63) is 161 Å². The van der Waals surface area contributed by atoms with Gasteiger partial charge in [-0.2, -0.15) is 11.8 Å². The number of nitrogens with zero attached hydrogens (tertiary/aromatic N) is 1. The highest BCUT2D eigenvalue weighted by atomic mass is 32.2. The maximum Gasteiger partial charge on any atom is 0.326 e. The van der Waals surface area contributed by atoms with Gasteiger partial charge in [0, 0.05) is 23.5 Å². The van der Waals surface area contributed by atoms with Gasteiger partial charge in [-0.3, -0.25) is 9.78 Å². The van der Waals surface area contributed by atoms with Crippen molar-refractivity contribution in [3.63, 3.8) is 0 Å². The second-order valence-corrected chi connectivity index (χ2v) is 12.0. The molecule has 232 valence electrons. The summed E-state index contributed by atoms with van der Waals surface area (Å²) in [4.78, 5) is 29.8. The summed E-state index contributed by atoms with van der Waals surface area (Å²) < 4.78 is 0. The normalized spacial score (nSPS) is 12.2. The third kappa shape index (κ3) is 7.12. The number of thioether (sulfide) groups is 1. The number of nitrogens with one attached hydrogen (secondary N) is 1. The Labute approximate surface area is 273 Å². The van der Waals surface area contributed by atoms with Crippen molar-refractivity contribution in [2.24, 2.45) is 0 Å². The number of hydrogen-bond donors (Lipinski definition) is 3. The van der Waals surface area contributed by atoms with E-state index in [1.165, 1.54) is 11.8 Å². The predicted molar refractivity (Wildman–Crippen MR) is 187 cm³/mol. The molecule has 6 nitrogen and oxygen atoms in total. The number of benzene rings is 4. The molecule has 1 unspecified atom stereocenters. The van der Waals surface area contributed by atoms with Crippen molar-refractivity contribution < 1.29 is 19.8 Å². The van der Waals surface area contributed by atoms with E-state index in [9.17, 15) is 19.8 Å². The maximum absolute atomic E-state index is 13.5. The maximum atomic E-state index is 13.5. The topological polar surface area (TPSA) is 99.5 Å². The zero-order valence-corrected chi connectivity index (χ0v) is 26.6. The Morgan fingerprint density at radius 1 is 0.870 bits per heavy atom. The summed E-state index contributed by atoms with van der Waals surface area (Å²) in [5.74, 6) is -0.878. The van der Waals surface area contributed by atoms with Gasteiger partial charge in [-0.15, -0.1) is 0 Å². The summed E-state index contributed by atoms with van der Waals surface area (Å²) in [5.41, 5.74) is 5.22. The minimum Gasteiger partial charge on any atom is -0.480 e. The first-order valence-electron chi connectivity index (χ1n) is 15.0. The van der Waals surface area contributed by atoms with Crippen LogP contribution in [0.15, 0.2) is 122 Å². The van der Waals surface area contributed by atoms with Crippen LogP contribution in [0.1, 0.15) is 50.2 Å². The number of aliphatic hydroxyl groups is 1. The largest absolute Gasteiger partial charge is 0.480 e. The zero-order valence-electron chi connectivity index (χ0n) is 25.8. The lowest BCUT2D eigenvalue weighted by Gasteiger charge is -2.31. The first-order valence-corrected chi connectivity index (χ1v) is 16.4. The molecule has 5 rings (SSSR count). The van der Waals surface area contributed by atoms with E-state index in [4.69, 9.17) is 0 Å². The average Bonchev–Trinajstić information content (AvgIpc) is 3.09. The molecule has 0 saturated carbocycles. The standard InChI is InChI=1S/C39H36N2O4S/c1-27-11-9-10-16-32(27)34-25-28(18-20-33(34)37(42)41-36(38(43)44)22-24-46-2)17-19-29-26-40-23-21-35(29)39(45,30-12-5-3-6-13-30)31-14-7-4-8-15-31/h3-21,23,25-26,36,45H,22,24H2,1-2H3,(H,41,42)(H,43,44)/b19-17+. The third-order valence-corrected chi connectivity index (χ3v) is 8.66. The van der Waals surface area contributed by atoms with Crippen LogP contribution in [0.25, 0.3) is 23.3 Å². The number of rotatable bonds is 12. The molecule has 1 heterocycles. The summed E-state index contributed by atoms with van der Waals surface area (Å²) in [6.45, 7) is 1.98. The zero-order chi connectivity index (χ0) is 32.5. The van der Waals surface area contributed by atoms with Gasteiger partial charge in [0.15, 0.2) is 0 Å². The van der Waals surface area contributed by atoms with Gasteiger partial charge < -0.3 is 15.5 Å². The van der Waals surface area contributed by atoms with Crippen LogP contribution in [0, 0.1) is 6.92 Å². The highest BCUT2D eigenvalue weighted by Crippen LogP contribution is 2.38. The molecule has 0 aliphatic heterocycles. The molecule has 0 aliphatic carbocycles. The minimum absolute atomic E-state index is 0.328.